The van der Waals surface area contributed by atoms with Crippen molar-refractivity contribution in [1.82, 2.24) is 21.3 Å². The summed E-state index contributed by atoms with van der Waals surface area (Å²) in [6, 6.07) is 0. The van der Waals surface area contributed by atoms with Crippen molar-refractivity contribution >= 4 is 0 Å². The summed E-state index contributed by atoms with van der Waals surface area (Å²) in [6.07, 6.45) is 2.59. The Balaban J connectivity index is 4.29. The summed E-state index contributed by atoms with van der Waals surface area (Å²) in [5.74, 6) is 0.547. The molecule has 0 aromatic carbocycles. The zero-order valence-corrected chi connectivity index (χ0v) is 11.1. The van der Waals surface area contributed by atoms with Crippen molar-refractivity contribution < 1.29 is 0 Å². The SMILES string of the molecule is C=C=CN(NNC(=C)CNC)C(=C)CC(C)C. The second-order valence-electron chi connectivity index (χ2n) is 4.24. The maximum absolute atomic E-state index is 4.02. The summed E-state index contributed by atoms with van der Waals surface area (Å²) in [6.45, 7) is 16.4. The summed E-state index contributed by atoms with van der Waals surface area (Å²) in [7, 11) is 1.87. The van der Waals surface area contributed by atoms with Crippen LogP contribution < -0.4 is 16.3 Å². The first-order valence-electron chi connectivity index (χ1n) is 5.68. The number of hydrogen-bond acceptors (Lipinski definition) is 4. The first-order chi connectivity index (χ1) is 8.01. The summed E-state index contributed by atoms with van der Waals surface area (Å²) < 4.78 is 0. The largest absolute Gasteiger partial charge is 0.314 e. The van der Waals surface area contributed by atoms with E-state index in [9.17, 15) is 0 Å². The van der Waals surface area contributed by atoms with Crippen LogP contribution in [0.5, 0.6) is 0 Å². The van der Waals surface area contributed by atoms with Crippen LogP contribution >= 0.6 is 0 Å². The molecule has 4 heteroatoms. The van der Waals surface area contributed by atoms with Gasteiger partial charge in [0, 0.05) is 17.9 Å². The van der Waals surface area contributed by atoms with Crippen molar-refractivity contribution in [3.63, 3.8) is 0 Å². The van der Waals surface area contributed by atoms with Crippen LogP contribution in [-0.2, 0) is 0 Å². The molecule has 0 radical (unpaired) electrons. The Bertz CT molecular complexity index is 301. The Morgan fingerprint density at radius 2 is 2.06 bits per heavy atom. The topological polar surface area (TPSA) is 39.3 Å². The second kappa shape index (κ2) is 8.65. The number of hydrogen-bond donors (Lipinski definition) is 3. The molecule has 0 aromatic rings. The van der Waals surface area contributed by atoms with E-state index >= 15 is 0 Å². The highest BCUT2D eigenvalue weighted by atomic mass is 15.7. The average Bonchev–Trinajstić information content (AvgIpc) is 2.23. The van der Waals surface area contributed by atoms with Gasteiger partial charge in [-0.05, 0) is 19.4 Å². The summed E-state index contributed by atoms with van der Waals surface area (Å²) in [5.41, 5.74) is 10.5. The Hall–Kier alpha value is -1.48. The summed E-state index contributed by atoms with van der Waals surface area (Å²) in [5, 5.41) is 4.76. The lowest BCUT2D eigenvalue weighted by Gasteiger charge is -2.25. The van der Waals surface area contributed by atoms with Crippen LogP contribution in [0.25, 0.3) is 0 Å². The normalized spacial score (nSPS) is 9.65. The van der Waals surface area contributed by atoms with Gasteiger partial charge >= 0.3 is 0 Å². The molecule has 0 aliphatic heterocycles. The third-order valence-corrected chi connectivity index (χ3v) is 1.95. The number of likely N-dealkylation sites (N-methyl/N-ethyl adjacent to an activating group) is 1. The molecule has 4 nitrogen and oxygen atoms in total. The molecule has 0 spiro atoms. The van der Waals surface area contributed by atoms with Crippen LogP contribution in [0.4, 0.5) is 0 Å². The lowest BCUT2D eigenvalue weighted by molar-refractivity contribution is 0.279. The first kappa shape index (κ1) is 15.5. The standard InChI is InChI=1S/C13H24N4/c1-7-8-17(13(5)9-11(2)3)16-15-12(4)10-14-6/h8,11,14-16H,1,4-5,9-10H2,2-3,6H3. The van der Waals surface area contributed by atoms with E-state index in [1.165, 1.54) is 0 Å². The highest BCUT2D eigenvalue weighted by molar-refractivity contribution is 4.99. The van der Waals surface area contributed by atoms with Gasteiger partial charge in [-0.2, -0.15) is 0 Å². The lowest BCUT2D eigenvalue weighted by Crippen LogP contribution is -2.44. The summed E-state index contributed by atoms with van der Waals surface area (Å²) >= 11 is 0. The molecular formula is C13H24N4. The third kappa shape index (κ3) is 7.41. The zero-order chi connectivity index (χ0) is 13.3. The number of hydrazine groups is 2. The molecule has 0 bridgehead atoms. The fraction of sp³-hybridized carbons (Fsp3) is 0.462. The van der Waals surface area contributed by atoms with Crippen LogP contribution in [0.15, 0.2) is 43.1 Å². The molecule has 0 aliphatic rings. The van der Waals surface area contributed by atoms with Crippen molar-refractivity contribution in [2.24, 2.45) is 5.92 Å². The van der Waals surface area contributed by atoms with Crippen molar-refractivity contribution in [3.05, 3.63) is 43.1 Å². The average molecular weight is 236 g/mol. The van der Waals surface area contributed by atoms with E-state index < -0.39 is 0 Å². The smallest absolute Gasteiger partial charge is 0.0642 e. The van der Waals surface area contributed by atoms with E-state index in [1.54, 1.807) is 11.2 Å². The van der Waals surface area contributed by atoms with Gasteiger partial charge in [0.15, 0.2) is 0 Å². The molecule has 0 unspecified atom stereocenters. The third-order valence-electron chi connectivity index (χ3n) is 1.95. The number of rotatable bonds is 9. The van der Waals surface area contributed by atoms with Gasteiger partial charge in [0.25, 0.3) is 0 Å². The zero-order valence-electron chi connectivity index (χ0n) is 11.1. The molecule has 0 aliphatic carbocycles. The fourth-order valence-corrected chi connectivity index (χ4v) is 1.26. The van der Waals surface area contributed by atoms with Gasteiger partial charge in [0.1, 0.15) is 0 Å². The molecule has 0 fully saturated rings. The fourth-order valence-electron chi connectivity index (χ4n) is 1.26. The molecule has 0 saturated heterocycles. The van der Waals surface area contributed by atoms with E-state index in [4.69, 9.17) is 0 Å². The quantitative estimate of drug-likeness (QED) is 0.422. The minimum Gasteiger partial charge on any atom is -0.314 e. The number of nitrogens with one attached hydrogen (secondary N) is 3. The van der Waals surface area contributed by atoms with Gasteiger partial charge < -0.3 is 10.7 Å². The molecule has 0 amide bonds. The molecule has 0 heterocycles. The van der Waals surface area contributed by atoms with E-state index in [0.29, 0.717) is 12.5 Å². The maximum Gasteiger partial charge on any atom is 0.0642 e. The van der Waals surface area contributed by atoms with Crippen molar-refractivity contribution in [2.45, 2.75) is 20.3 Å². The van der Waals surface area contributed by atoms with Gasteiger partial charge in [-0.25, -0.2) is 0 Å². The molecule has 0 aromatic heterocycles. The van der Waals surface area contributed by atoms with Crippen molar-refractivity contribution in [1.29, 1.82) is 0 Å². The van der Waals surface area contributed by atoms with Crippen LogP contribution in [0.3, 0.4) is 0 Å². The van der Waals surface area contributed by atoms with Crippen LogP contribution in [0, 0.1) is 5.92 Å². The molecule has 3 N–H and O–H groups in total. The van der Waals surface area contributed by atoms with Crippen LogP contribution in [0.2, 0.25) is 0 Å². The van der Waals surface area contributed by atoms with Gasteiger partial charge in [0.05, 0.1) is 6.20 Å². The molecular weight excluding hydrogens is 212 g/mol. The van der Waals surface area contributed by atoms with E-state index in [2.05, 4.69) is 55.6 Å². The highest BCUT2D eigenvalue weighted by Crippen LogP contribution is 2.11. The Kier molecular flexibility index (Phi) is 7.89. The van der Waals surface area contributed by atoms with E-state index in [-0.39, 0.29) is 0 Å². The monoisotopic (exact) mass is 236 g/mol. The predicted octanol–water partition coefficient (Wildman–Crippen LogP) is 1.89. The minimum atomic E-state index is 0.547. The molecule has 17 heavy (non-hydrogen) atoms. The molecule has 0 rings (SSSR count). The second-order valence-corrected chi connectivity index (χ2v) is 4.24. The molecule has 0 saturated carbocycles. The molecule has 0 atom stereocenters. The Morgan fingerprint density at radius 1 is 1.41 bits per heavy atom. The first-order valence-corrected chi connectivity index (χ1v) is 5.68. The predicted molar refractivity (Wildman–Crippen MR) is 73.5 cm³/mol. The number of nitrogens with zero attached hydrogens (tertiary/aromatic N) is 1. The maximum atomic E-state index is 4.02. The Labute approximate surface area is 105 Å². The minimum absolute atomic E-state index is 0.547. The Morgan fingerprint density at radius 3 is 2.53 bits per heavy atom. The van der Waals surface area contributed by atoms with Crippen molar-refractivity contribution in [2.75, 3.05) is 13.6 Å². The highest BCUT2D eigenvalue weighted by Gasteiger charge is 2.06. The van der Waals surface area contributed by atoms with Crippen LogP contribution in [0.1, 0.15) is 20.3 Å². The number of allylic oxidation sites excluding steroid dienone is 1. The van der Waals surface area contributed by atoms with Crippen LogP contribution in [-0.4, -0.2) is 18.6 Å². The lowest BCUT2D eigenvalue weighted by atomic mass is 10.1. The van der Waals surface area contributed by atoms with Gasteiger partial charge in [-0.15, -0.1) is 11.3 Å². The van der Waals surface area contributed by atoms with Gasteiger partial charge in [0.2, 0.25) is 0 Å². The van der Waals surface area contributed by atoms with E-state index in [0.717, 1.165) is 17.8 Å². The molecule has 96 valence electrons. The summed E-state index contributed by atoms with van der Waals surface area (Å²) in [4.78, 5) is 0. The van der Waals surface area contributed by atoms with Gasteiger partial charge in [-0.1, -0.05) is 33.6 Å². The van der Waals surface area contributed by atoms with E-state index in [1.807, 2.05) is 7.05 Å². The van der Waals surface area contributed by atoms with Crippen molar-refractivity contribution in [3.8, 4) is 0 Å². The van der Waals surface area contributed by atoms with Gasteiger partial charge in [-0.3, -0.25) is 5.01 Å².